The minimum absolute atomic E-state index is 0. The fourth-order valence-electron chi connectivity index (χ4n) is 8.13. The smallest absolute Gasteiger partial charge is 0.171 e. The van der Waals surface area contributed by atoms with E-state index in [0.29, 0.717) is 57.0 Å². The van der Waals surface area contributed by atoms with E-state index in [-0.39, 0.29) is 43.8 Å². The normalized spacial score (nSPS) is 36.7. The molecule has 0 aromatic rings. The average molecular weight is 771 g/mol. The molecule has 1 spiro atoms. The highest BCUT2D eigenvalue weighted by atomic mass is 16.7. The van der Waals surface area contributed by atoms with E-state index < -0.39 is 42.6 Å². The number of ether oxygens (including phenoxy) is 6. The first kappa shape index (κ1) is 48.7. The van der Waals surface area contributed by atoms with E-state index in [0.717, 1.165) is 36.0 Å². The van der Waals surface area contributed by atoms with Crippen LogP contribution >= 0.6 is 0 Å². The zero-order valence-corrected chi connectivity index (χ0v) is 34.9. The van der Waals surface area contributed by atoms with Crippen LogP contribution in [0, 0.1) is 17.8 Å². The monoisotopic (exact) mass is 771 g/mol. The van der Waals surface area contributed by atoms with Crippen molar-refractivity contribution < 1.29 is 55.8 Å². The van der Waals surface area contributed by atoms with Crippen LogP contribution in [0.1, 0.15) is 122 Å². The lowest BCUT2D eigenvalue weighted by Gasteiger charge is -2.50. The zero-order valence-electron chi connectivity index (χ0n) is 34.9. The Kier molecular flexibility index (Phi) is 21.3. The second kappa shape index (κ2) is 23.7. The number of hydrogen-bond donors (Lipinski definition) is 4. The van der Waals surface area contributed by atoms with Crippen molar-refractivity contribution in [3.05, 3.63) is 47.1 Å². The molecule has 14 atom stereocenters. The van der Waals surface area contributed by atoms with Crippen LogP contribution in [0.15, 0.2) is 47.1 Å². The highest BCUT2D eigenvalue weighted by molar-refractivity contribution is 5.21. The second-order valence-corrected chi connectivity index (χ2v) is 15.8. The van der Waals surface area contributed by atoms with E-state index in [4.69, 9.17) is 33.5 Å². The van der Waals surface area contributed by atoms with E-state index in [2.05, 4.69) is 52.8 Å². The maximum absolute atomic E-state index is 11.0. The molecule has 4 aliphatic heterocycles. The lowest BCUT2D eigenvalue weighted by Crippen LogP contribution is -2.54. The lowest BCUT2D eigenvalue weighted by atomic mass is 9.81. The van der Waals surface area contributed by atoms with Gasteiger partial charge in [-0.3, -0.25) is 0 Å². The van der Waals surface area contributed by atoms with Gasteiger partial charge >= 0.3 is 0 Å². The third kappa shape index (κ3) is 13.6. The Balaban J connectivity index is 0.00000372. The summed E-state index contributed by atoms with van der Waals surface area (Å²) in [6, 6.07) is 0. The number of methoxy groups -OCH3 is 1. The van der Waals surface area contributed by atoms with Crippen molar-refractivity contribution in [3.8, 4) is 0 Å². The fourth-order valence-corrected chi connectivity index (χ4v) is 8.13. The largest absolute Gasteiger partial charge is 0.412 e. The van der Waals surface area contributed by atoms with Gasteiger partial charge in [0.25, 0.3) is 0 Å². The van der Waals surface area contributed by atoms with Gasteiger partial charge in [0.05, 0.1) is 49.3 Å². The van der Waals surface area contributed by atoms with Gasteiger partial charge < -0.3 is 54.3 Å². The summed E-state index contributed by atoms with van der Waals surface area (Å²) in [7, 11) is 1.60. The van der Waals surface area contributed by atoms with Crippen LogP contribution in [0.25, 0.3) is 0 Å². The predicted octanol–water partition coefficient (Wildman–Crippen LogP) is 6.36. The molecular formula is C43H78O11. The Morgan fingerprint density at radius 3 is 2.46 bits per heavy atom. The van der Waals surface area contributed by atoms with Crippen molar-refractivity contribution in [2.75, 3.05) is 20.3 Å². The molecule has 4 aliphatic rings. The minimum atomic E-state index is -0.750. The van der Waals surface area contributed by atoms with Gasteiger partial charge in [-0.1, -0.05) is 78.3 Å². The van der Waals surface area contributed by atoms with Crippen LogP contribution in [0.4, 0.5) is 0 Å². The molecule has 4 heterocycles. The Bertz CT molecular complexity index is 1210. The molecule has 0 saturated carbocycles. The molecule has 4 rings (SSSR count). The first-order chi connectivity index (χ1) is 25.3. The number of aliphatic hydroxyl groups is 4. The molecule has 316 valence electrons. The summed E-state index contributed by atoms with van der Waals surface area (Å²) in [6.07, 6.45) is 12.3. The number of rotatable bonds is 15. The highest BCUT2D eigenvalue weighted by Gasteiger charge is 2.48. The third-order valence-electron chi connectivity index (χ3n) is 11.6. The highest BCUT2D eigenvalue weighted by Crippen LogP contribution is 2.44. The molecule has 0 radical (unpaired) electrons. The zero-order chi connectivity index (χ0) is 39.3. The van der Waals surface area contributed by atoms with Crippen molar-refractivity contribution in [1.82, 2.24) is 0 Å². The van der Waals surface area contributed by atoms with Crippen LogP contribution in [-0.2, 0) is 28.4 Å². The van der Waals surface area contributed by atoms with Crippen LogP contribution in [0.2, 0.25) is 0 Å². The summed E-state index contributed by atoms with van der Waals surface area (Å²) in [5.74, 6) is 0.0870. The number of allylic oxidation sites excluding steroid dienone is 2. The maximum Gasteiger partial charge on any atom is 0.171 e. The van der Waals surface area contributed by atoms with E-state index in [1.54, 1.807) is 7.11 Å². The van der Waals surface area contributed by atoms with Crippen LogP contribution in [0.3, 0.4) is 0 Å². The SMILES string of the molecule is CC.CC[C@H](C)C1O[C@]2(CC[C@@H]1C)C[C@@H](O)C[C@@H](C/C=C(\C)[C@@H](O[C@H]1C[C@H](OC)[C@@H](O)[C@H](C)O1)[C@@H](C)/C=C/C=C1\CO[C@H]([C@H](O)/C(C)=C\CCO)C1)O2.O.[HH]. The van der Waals surface area contributed by atoms with Gasteiger partial charge in [-0.05, 0) is 75.0 Å². The van der Waals surface area contributed by atoms with E-state index in [9.17, 15) is 15.3 Å². The van der Waals surface area contributed by atoms with Gasteiger partial charge in [-0.25, -0.2) is 0 Å². The molecule has 54 heavy (non-hydrogen) atoms. The van der Waals surface area contributed by atoms with Gasteiger partial charge in [-0.2, -0.15) is 0 Å². The van der Waals surface area contributed by atoms with Gasteiger partial charge in [0.2, 0.25) is 0 Å². The molecule has 4 saturated heterocycles. The van der Waals surface area contributed by atoms with Crippen molar-refractivity contribution in [3.63, 3.8) is 0 Å². The molecular weight excluding hydrogens is 692 g/mol. The summed E-state index contributed by atoms with van der Waals surface area (Å²) in [4.78, 5) is 0. The lowest BCUT2D eigenvalue weighted by molar-refractivity contribution is -0.340. The van der Waals surface area contributed by atoms with Crippen LogP contribution in [0.5, 0.6) is 0 Å². The quantitative estimate of drug-likeness (QED) is 0.138. The summed E-state index contributed by atoms with van der Waals surface area (Å²) >= 11 is 0. The number of hydrogen-bond acceptors (Lipinski definition) is 10. The molecule has 11 heteroatoms. The molecule has 0 bridgehead atoms. The van der Waals surface area contributed by atoms with E-state index >= 15 is 0 Å². The number of aliphatic hydroxyl groups excluding tert-OH is 4. The molecule has 1 unspecified atom stereocenters. The Morgan fingerprint density at radius 2 is 1.80 bits per heavy atom. The molecule has 4 fully saturated rings. The van der Waals surface area contributed by atoms with Gasteiger partial charge in [0.1, 0.15) is 12.2 Å². The molecule has 0 aliphatic carbocycles. The standard InChI is InChI=1S/C41H68O10.C2H6.H2O.H2/c1-9-25(2)40-29(6)17-18-41(51-40)23-32(43)21-33(50-41)16-15-28(5)39(49-36-22-34(46-8)38(45)30(7)48-36)27(4)12-10-14-31-20-35(47-24-31)37(44)26(3)13-11-19-42;1-2;;/h10,12-15,25,27,29-30,32-40,42-45H,9,11,16-24H2,1-8H3;1-2H3;1H2;1H/b12-10+,26-13-,28-15+,31-14-;;;/t25-,27-,29-,30-,32-,33+,34-,35-,36-,37+,38-,39-,40?,41+;;;/m0.../s1. The van der Waals surface area contributed by atoms with E-state index in [1.807, 2.05) is 39.8 Å². The summed E-state index contributed by atoms with van der Waals surface area (Å²) < 4.78 is 37.7. The van der Waals surface area contributed by atoms with Crippen molar-refractivity contribution >= 4 is 0 Å². The maximum atomic E-state index is 11.0. The fraction of sp³-hybridized carbons (Fsp3) is 0.814. The molecule has 0 amide bonds. The first-order valence-corrected chi connectivity index (χ1v) is 20.4. The molecule has 6 N–H and O–H groups in total. The van der Waals surface area contributed by atoms with Crippen LogP contribution < -0.4 is 0 Å². The van der Waals surface area contributed by atoms with E-state index in [1.165, 1.54) is 0 Å². The summed E-state index contributed by atoms with van der Waals surface area (Å²) in [5, 5.41) is 41.4. The molecule has 0 aromatic heterocycles. The summed E-state index contributed by atoms with van der Waals surface area (Å²) in [5.41, 5.74) is 2.94. The Morgan fingerprint density at radius 1 is 1.07 bits per heavy atom. The van der Waals surface area contributed by atoms with Crippen molar-refractivity contribution in [2.45, 2.75) is 187 Å². The average Bonchev–Trinajstić information content (AvgIpc) is 3.62. The van der Waals surface area contributed by atoms with Gasteiger partial charge in [0.15, 0.2) is 12.1 Å². The Labute approximate surface area is 327 Å². The Hall–Kier alpha value is -1.48. The van der Waals surface area contributed by atoms with Gasteiger partial charge in [-0.15, -0.1) is 0 Å². The van der Waals surface area contributed by atoms with Crippen molar-refractivity contribution in [1.29, 1.82) is 0 Å². The summed E-state index contributed by atoms with van der Waals surface area (Å²) in [6.45, 7) is 19.1. The molecule has 0 aromatic carbocycles. The third-order valence-corrected chi connectivity index (χ3v) is 11.6. The predicted molar refractivity (Wildman–Crippen MR) is 214 cm³/mol. The van der Waals surface area contributed by atoms with Crippen molar-refractivity contribution in [2.24, 2.45) is 17.8 Å². The van der Waals surface area contributed by atoms with Crippen LogP contribution in [-0.4, -0.2) is 113 Å². The van der Waals surface area contributed by atoms with Gasteiger partial charge in [0, 0.05) is 46.7 Å². The minimum Gasteiger partial charge on any atom is -0.412 e. The molecule has 11 nitrogen and oxygen atoms in total. The topological polar surface area (TPSA) is 168 Å². The second-order valence-electron chi connectivity index (χ2n) is 15.8. The first-order valence-electron chi connectivity index (χ1n) is 20.4.